The van der Waals surface area contributed by atoms with Gasteiger partial charge in [-0.3, -0.25) is 14.4 Å². The molecule has 7 nitrogen and oxygen atoms in total. The number of H-pyrrole nitrogens is 1. The van der Waals surface area contributed by atoms with Crippen molar-refractivity contribution in [1.82, 2.24) is 14.9 Å². The molecule has 0 saturated carbocycles. The number of ether oxygens (including phenoxy) is 1. The van der Waals surface area contributed by atoms with Gasteiger partial charge in [-0.05, 0) is 42.0 Å². The number of nitrogens with zero attached hydrogens (tertiary/aromatic N) is 2. The van der Waals surface area contributed by atoms with Crippen molar-refractivity contribution in [1.29, 1.82) is 0 Å². The Morgan fingerprint density at radius 3 is 2.97 bits per heavy atom. The molecule has 0 saturated heterocycles. The molecule has 1 aliphatic heterocycles. The maximum absolute atomic E-state index is 12.6. The van der Waals surface area contributed by atoms with Crippen LogP contribution >= 0.6 is 11.3 Å². The molecule has 5 rings (SSSR count). The fraction of sp³-hybridized carbons (Fsp3) is 0.304. The van der Waals surface area contributed by atoms with Gasteiger partial charge in [-0.15, -0.1) is 11.3 Å². The molecule has 1 aliphatic carbocycles. The summed E-state index contributed by atoms with van der Waals surface area (Å²) in [6.07, 6.45) is 6.56. The molecule has 1 N–H and O–H groups in total. The van der Waals surface area contributed by atoms with Crippen molar-refractivity contribution in [3.05, 3.63) is 68.2 Å². The van der Waals surface area contributed by atoms with E-state index >= 15 is 0 Å². The fourth-order valence-corrected chi connectivity index (χ4v) is 5.67. The van der Waals surface area contributed by atoms with Gasteiger partial charge in [-0.1, -0.05) is 24.3 Å². The number of aryl methyl sites for hydroxylation is 2. The predicted molar refractivity (Wildman–Crippen MR) is 117 cm³/mol. The lowest BCUT2D eigenvalue weighted by molar-refractivity contribution is -0.147. The molecule has 8 heteroatoms. The molecule has 1 amide bonds. The van der Waals surface area contributed by atoms with Gasteiger partial charge in [0.15, 0.2) is 0 Å². The summed E-state index contributed by atoms with van der Waals surface area (Å²) in [5.74, 6) is -0.276. The molecule has 3 heterocycles. The highest BCUT2D eigenvalue weighted by atomic mass is 32.1. The number of nitrogens with one attached hydrogen (secondary N) is 1. The number of thiophene rings is 1. The van der Waals surface area contributed by atoms with E-state index in [9.17, 15) is 14.4 Å². The van der Waals surface area contributed by atoms with E-state index < -0.39 is 12.0 Å². The van der Waals surface area contributed by atoms with Crippen LogP contribution in [0.5, 0.6) is 0 Å². The van der Waals surface area contributed by atoms with Crippen molar-refractivity contribution in [2.45, 2.75) is 45.3 Å². The van der Waals surface area contributed by atoms with Crippen molar-refractivity contribution >= 4 is 39.5 Å². The van der Waals surface area contributed by atoms with Gasteiger partial charge >= 0.3 is 5.97 Å². The summed E-state index contributed by atoms with van der Waals surface area (Å²) in [5.41, 5.74) is 2.81. The highest BCUT2D eigenvalue weighted by Gasteiger charge is 2.29. The molecular weight excluding hydrogens is 414 g/mol. The van der Waals surface area contributed by atoms with Crippen LogP contribution in [0, 0.1) is 0 Å². The van der Waals surface area contributed by atoms with E-state index in [1.807, 2.05) is 30.3 Å². The van der Waals surface area contributed by atoms with Crippen molar-refractivity contribution in [2.24, 2.45) is 0 Å². The average molecular weight is 436 g/mol. The lowest BCUT2D eigenvalue weighted by Crippen LogP contribution is -2.32. The molecule has 158 valence electrons. The Balaban J connectivity index is 1.32. The maximum atomic E-state index is 12.6. The fourth-order valence-electron chi connectivity index (χ4n) is 4.39. The third-order valence-electron chi connectivity index (χ3n) is 5.82. The molecule has 2 aliphatic rings. The third-order valence-corrected chi connectivity index (χ3v) is 7.01. The number of amides is 1. The summed E-state index contributed by atoms with van der Waals surface area (Å²) >= 11 is 1.55. The van der Waals surface area contributed by atoms with Crippen LogP contribution in [0.25, 0.3) is 16.3 Å². The van der Waals surface area contributed by atoms with Crippen LogP contribution in [-0.2, 0) is 33.8 Å². The van der Waals surface area contributed by atoms with E-state index in [0.717, 1.165) is 36.0 Å². The highest BCUT2D eigenvalue weighted by Crippen LogP contribution is 2.35. The normalized spacial score (nSPS) is 16.9. The molecule has 31 heavy (non-hydrogen) atoms. The minimum absolute atomic E-state index is 0.0146. The summed E-state index contributed by atoms with van der Waals surface area (Å²) in [6.45, 7) is 1.36. The van der Waals surface area contributed by atoms with Crippen molar-refractivity contribution in [2.75, 3.05) is 0 Å². The van der Waals surface area contributed by atoms with E-state index in [1.165, 1.54) is 11.8 Å². The number of carbonyl (C=O) groups excluding carboxylic acids is 2. The molecule has 2 aromatic heterocycles. The lowest BCUT2D eigenvalue weighted by atomic mass is 9.94. The van der Waals surface area contributed by atoms with E-state index in [-0.39, 0.29) is 24.5 Å². The molecule has 1 atom stereocenters. The summed E-state index contributed by atoms with van der Waals surface area (Å²) in [4.78, 5) is 48.0. The largest absolute Gasteiger partial charge is 0.457 e. The average Bonchev–Trinajstić information content (AvgIpc) is 3.33. The van der Waals surface area contributed by atoms with Gasteiger partial charge in [0.1, 0.15) is 17.3 Å². The first-order valence-electron chi connectivity index (χ1n) is 10.3. The summed E-state index contributed by atoms with van der Waals surface area (Å²) in [5, 5.41) is 0.676. The van der Waals surface area contributed by atoms with E-state index in [0.29, 0.717) is 16.0 Å². The Morgan fingerprint density at radius 2 is 2.13 bits per heavy atom. The minimum Gasteiger partial charge on any atom is -0.457 e. The van der Waals surface area contributed by atoms with Crippen LogP contribution in [0.4, 0.5) is 0 Å². The Bertz CT molecular complexity index is 1290. The van der Waals surface area contributed by atoms with E-state index in [1.54, 1.807) is 22.4 Å². The van der Waals surface area contributed by atoms with Crippen molar-refractivity contribution < 1.29 is 14.3 Å². The smallest absolute Gasteiger partial charge is 0.308 e. The van der Waals surface area contributed by atoms with Crippen LogP contribution in [-0.4, -0.2) is 26.7 Å². The molecule has 0 spiro atoms. The zero-order chi connectivity index (χ0) is 21.5. The number of carbonyl (C=O) groups is 2. The van der Waals surface area contributed by atoms with Gasteiger partial charge in [0.25, 0.3) is 5.56 Å². The first-order valence-corrected chi connectivity index (χ1v) is 11.1. The number of aromatic nitrogens is 2. The molecule has 0 bridgehead atoms. The van der Waals surface area contributed by atoms with Gasteiger partial charge in [0, 0.05) is 18.0 Å². The number of hydrogen-bond acceptors (Lipinski definition) is 6. The molecule has 0 unspecified atom stereocenters. The van der Waals surface area contributed by atoms with Crippen molar-refractivity contribution in [3.63, 3.8) is 0 Å². The Labute approximate surface area is 182 Å². The number of aromatic amines is 1. The van der Waals surface area contributed by atoms with Crippen molar-refractivity contribution in [3.8, 4) is 0 Å². The molecule has 1 aromatic carbocycles. The number of esters is 1. The predicted octanol–water partition coefficient (Wildman–Crippen LogP) is 3.48. The summed E-state index contributed by atoms with van der Waals surface area (Å²) in [7, 11) is 0. The van der Waals surface area contributed by atoms with Crippen LogP contribution in [0.3, 0.4) is 0 Å². The quantitative estimate of drug-likeness (QED) is 0.634. The van der Waals surface area contributed by atoms with Gasteiger partial charge in [0.05, 0.1) is 17.8 Å². The molecule has 0 fully saturated rings. The van der Waals surface area contributed by atoms with Gasteiger partial charge < -0.3 is 14.6 Å². The SMILES string of the molecule is CC(=O)N1C=Cc2ccccc2[C@@H]1CC(=O)OCc1nc2sc3c(c2c(=O)[nH]1)CCC3. The zero-order valence-electron chi connectivity index (χ0n) is 17.0. The minimum atomic E-state index is -0.460. The van der Waals surface area contributed by atoms with E-state index in [4.69, 9.17) is 4.74 Å². The highest BCUT2D eigenvalue weighted by molar-refractivity contribution is 7.18. The Hall–Kier alpha value is -3.26. The lowest BCUT2D eigenvalue weighted by Gasteiger charge is -2.32. The third kappa shape index (κ3) is 3.57. The van der Waals surface area contributed by atoms with Crippen LogP contribution in [0.2, 0.25) is 0 Å². The number of benzene rings is 1. The number of hydrogen-bond donors (Lipinski definition) is 1. The van der Waals surface area contributed by atoms with Crippen LogP contribution < -0.4 is 5.56 Å². The van der Waals surface area contributed by atoms with E-state index in [2.05, 4.69) is 9.97 Å². The van der Waals surface area contributed by atoms with Gasteiger partial charge in [-0.2, -0.15) is 0 Å². The monoisotopic (exact) mass is 435 g/mol. The second-order valence-electron chi connectivity index (χ2n) is 7.80. The number of fused-ring (bicyclic) bond motifs is 4. The second kappa shape index (κ2) is 7.77. The van der Waals surface area contributed by atoms with Gasteiger partial charge in [0.2, 0.25) is 5.91 Å². The Morgan fingerprint density at radius 1 is 1.29 bits per heavy atom. The summed E-state index contributed by atoms with van der Waals surface area (Å²) < 4.78 is 5.43. The first-order chi connectivity index (χ1) is 15.0. The van der Waals surface area contributed by atoms with Gasteiger partial charge in [-0.25, -0.2) is 4.98 Å². The topological polar surface area (TPSA) is 92.4 Å². The number of rotatable bonds is 4. The Kier molecular flexibility index (Phi) is 4.94. The standard InChI is InChI=1S/C23H21N3O4S/c1-13(27)26-10-9-14-5-2-3-6-15(14)17(26)11-20(28)30-12-19-24-22(29)21-16-7-4-8-18(16)31-23(21)25-19/h2-3,5-6,9-10,17H,4,7-8,11-12H2,1H3,(H,24,25,29)/t17-/m0/s1. The molecule has 3 aromatic rings. The molecular formula is C23H21N3O4S. The zero-order valence-corrected chi connectivity index (χ0v) is 17.8. The second-order valence-corrected chi connectivity index (χ2v) is 8.89. The van der Waals surface area contributed by atoms with Crippen LogP contribution in [0.1, 0.15) is 53.2 Å². The maximum Gasteiger partial charge on any atom is 0.308 e. The van der Waals surface area contributed by atoms with Crippen LogP contribution in [0.15, 0.2) is 35.3 Å². The molecule has 0 radical (unpaired) electrons. The first kappa shape index (κ1) is 19.7. The summed E-state index contributed by atoms with van der Waals surface area (Å²) in [6, 6.07) is 7.23.